The van der Waals surface area contributed by atoms with Crippen LogP contribution in [-0.4, -0.2) is 24.1 Å². The van der Waals surface area contributed by atoms with E-state index in [2.05, 4.69) is 39.6 Å². The van der Waals surface area contributed by atoms with Crippen LogP contribution < -0.4 is 15.5 Å². The van der Waals surface area contributed by atoms with Crippen molar-refractivity contribution in [1.82, 2.24) is 10.3 Å². The SMILES string of the molecule is CC1CCN(c2ccc(NC(=O)NCc3ccccn3)cc2)CC1. The molecule has 1 aromatic carbocycles. The summed E-state index contributed by atoms with van der Waals surface area (Å²) >= 11 is 0. The minimum Gasteiger partial charge on any atom is -0.372 e. The molecule has 2 aromatic rings. The van der Waals surface area contributed by atoms with Gasteiger partial charge in [0.15, 0.2) is 0 Å². The largest absolute Gasteiger partial charge is 0.372 e. The Hall–Kier alpha value is -2.56. The van der Waals surface area contributed by atoms with Gasteiger partial charge in [0.25, 0.3) is 0 Å². The van der Waals surface area contributed by atoms with E-state index in [1.165, 1.54) is 18.5 Å². The molecule has 0 aliphatic carbocycles. The number of carbonyl (C=O) groups excluding carboxylic acids is 1. The van der Waals surface area contributed by atoms with Crippen LogP contribution >= 0.6 is 0 Å². The zero-order valence-electron chi connectivity index (χ0n) is 14.0. The first-order valence-corrected chi connectivity index (χ1v) is 8.50. The molecule has 1 fully saturated rings. The number of pyridine rings is 1. The van der Waals surface area contributed by atoms with Gasteiger partial charge in [0, 0.05) is 30.7 Å². The molecule has 1 aliphatic heterocycles. The van der Waals surface area contributed by atoms with Crippen molar-refractivity contribution in [2.45, 2.75) is 26.3 Å². The van der Waals surface area contributed by atoms with Crippen LogP contribution in [0.4, 0.5) is 16.2 Å². The van der Waals surface area contributed by atoms with E-state index in [1.54, 1.807) is 6.20 Å². The number of nitrogens with one attached hydrogen (secondary N) is 2. The summed E-state index contributed by atoms with van der Waals surface area (Å²) in [6.45, 7) is 4.95. The number of amides is 2. The standard InChI is InChI=1S/C19H24N4O/c1-15-9-12-23(13-10-15)18-7-5-16(6-8-18)22-19(24)21-14-17-4-2-3-11-20-17/h2-8,11,15H,9-10,12-14H2,1H3,(H2,21,22,24). The predicted molar refractivity (Wildman–Crippen MR) is 97.1 cm³/mol. The fraction of sp³-hybridized carbons (Fsp3) is 0.368. The number of anilines is 2. The smallest absolute Gasteiger partial charge is 0.319 e. The Kier molecular flexibility index (Phi) is 5.31. The Bertz CT molecular complexity index is 649. The molecule has 0 spiro atoms. The van der Waals surface area contributed by atoms with Crippen molar-refractivity contribution in [2.24, 2.45) is 5.92 Å². The summed E-state index contributed by atoms with van der Waals surface area (Å²) in [4.78, 5) is 18.5. The fourth-order valence-corrected chi connectivity index (χ4v) is 2.87. The van der Waals surface area contributed by atoms with Crippen molar-refractivity contribution in [2.75, 3.05) is 23.3 Å². The second kappa shape index (κ2) is 7.81. The number of aromatic nitrogens is 1. The summed E-state index contributed by atoms with van der Waals surface area (Å²) in [5.74, 6) is 0.824. The highest BCUT2D eigenvalue weighted by atomic mass is 16.2. The lowest BCUT2D eigenvalue weighted by molar-refractivity contribution is 0.251. The molecule has 2 N–H and O–H groups in total. The molecule has 0 saturated carbocycles. The average Bonchev–Trinajstić information content (AvgIpc) is 2.62. The molecule has 1 aliphatic rings. The lowest BCUT2D eigenvalue weighted by Crippen LogP contribution is -2.32. The van der Waals surface area contributed by atoms with Gasteiger partial charge in [-0.1, -0.05) is 13.0 Å². The number of piperidine rings is 1. The zero-order chi connectivity index (χ0) is 16.8. The highest BCUT2D eigenvalue weighted by Crippen LogP contribution is 2.24. The molecular formula is C19H24N4O. The third-order valence-electron chi connectivity index (χ3n) is 4.43. The second-order valence-electron chi connectivity index (χ2n) is 6.35. The molecule has 0 unspecified atom stereocenters. The number of hydrogen-bond donors (Lipinski definition) is 2. The van der Waals surface area contributed by atoms with Gasteiger partial charge in [0.2, 0.25) is 0 Å². The summed E-state index contributed by atoms with van der Waals surface area (Å²) in [5.41, 5.74) is 2.85. The van der Waals surface area contributed by atoms with E-state index in [1.807, 2.05) is 30.3 Å². The van der Waals surface area contributed by atoms with Gasteiger partial charge in [0.1, 0.15) is 0 Å². The number of urea groups is 1. The topological polar surface area (TPSA) is 57.3 Å². The van der Waals surface area contributed by atoms with E-state index in [9.17, 15) is 4.79 Å². The van der Waals surface area contributed by atoms with E-state index >= 15 is 0 Å². The summed E-state index contributed by atoms with van der Waals surface area (Å²) in [6, 6.07) is 13.5. The molecule has 1 aromatic heterocycles. The van der Waals surface area contributed by atoms with Crippen LogP contribution in [0.3, 0.4) is 0 Å². The third-order valence-corrected chi connectivity index (χ3v) is 4.43. The maximum absolute atomic E-state index is 11.9. The molecule has 1 saturated heterocycles. The van der Waals surface area contributed by atoms with Gasteiger partial charge in [0.05, 0.1) is 12.2 Å². The third kappa shape index (κ3) is 4.47. The lowest BCUT2D eigenvalue weighted by Gasteiger charge is -2.32. The van der Waals surface area contributed by atoms with Crippen molar-refractivity contribution in [3.63, 3.8) is 0 Å². The van der Waals surface area contributed by atoms with Crippen molar-refractivity contribution in [1.29, 1.82) is 0 Å². The van der Waals surface area contributed by atoms with E-state index in [0.29, 0.717) is 6.54 Å². The van der Waals surface area contributed by atoms with Crippen molar-refractivity contribution >= 4 is 17.4 Å². The van der Waals surface area contributed by atoms with Crippen LogP contribution in [0, 0.1) is 5.92 Å². The molecule has 5 nitrogen and oxygen atoms in total. The van der Waals surface area contributed by atoms with Gasteiger partial charge in [-0.25, -0.2) is 4.79 Å². The Morgan fingerprint density at radius 2 is 1.92 bits per heavy atom. The zero-order valence-corrected chi connectivity index (χ0v) is 14.0. The van der Waals surface area contributed by atoms with Crippen molar-refractivity contribution in [3.05, 3.63) is 54.4 Å². The number of hydrogen-bond acceptors (Lipinski definition) is 3. The fourth-order valence-electron chi connectivity index (χ4n) is 2.87. The van der Waals surface area contributed by atoms with E-state index in [4.69, 9.17) is 0 Å². The molecule has 2 heterocycles. The van der Waals surface area contributed by atoms with E-state index in [-0.39, 0.29) is 6.03 Å². The van der Waals surface area contributed by atoms with E-state index < -0.39 is 0 Å². The summed E-state index contributed by atoms with van der Waals surface area (Å²) in [6.07, 6.45) is 4.21. The molecule has 126 valence electrons. The maximum atomic E-state index is 11.9. The Morgan fingerprint density at radius 3 is 2.58 bits per heavy atom. The van der Waals surface area contributed by atoms with Crippen LogP contribution in [0.25, 0.3) is 0 Å². The van der Waals surface area contributed by atoms with Gasteiger partial charge in [-0.15, -0.1) is 0 Å². The Labute approximate surface area is 143 Å². The van der Waals surface area contributed by atoms with Crippen molar-refractivity contribution in [3.8, 4) is 0 Å². The molecule has 2 amide bonds. The average molecular weight is 324 g/mol. The molecular weight excluding hydrogens is 300 g/mol. The number of rotatable bonds is 4. The van der Waals surface area contributed by atoms with Crippen LogP contribution in [-0.2, 0) is 6.54 Å². The first-order chi connectivity index (χ1) is 11.7. The van der Waals surface area contributed by atoms with Gasteiger partial charge in [-0.3, -0.25) is 4.98 Å². The van der Waals surface area contributed by atoms with Crippen LogP contribution in [0.5, 0.6) is 0 Å². The Balaban J connectivity index is 1.49. The van der Waals surface area contributed by atoms with Crippen LogP contribution in [0.15, 0.2) is 48.7 Å². The molecule has 5 heteroatoms. The van der Waals surface area contributed by atoms with Gasteiger partial charge in [-0.2, -0.15) is 0 Å². The molecule has 24 heavy (non-hydrogen) atoms. The van der Waals surface area contributed by atoms with Gasteiger partial charge in [-0.05, 0) is 55.2 Å². The lowest BCUT2D eigenvalue weighted by atomic mass is 9.99. The van der Waals surface area contributed by atoms with E-state index in [0.717, 1.165) is 30.4 Å². The minimum absolute atomic E-state index is 0.222. The number of benzene rings is 1. The normalized spacial score (nSPS) is 15.1. The Morgan fingerprint density at radius 1 is 1.17 bits per heavy atom. The molecule has 0 atom stereocenters. The predicted octanol–water partition coefficient (Wildman–Crippen LogP) is 3.64. The minimum atomic E-state index is -0.222. The number of nitrogens with zero attached hydrogens (tertiary/aromatic N) is 2. The molecule has 0 radical (unpaired) electrons. The summed E-state index contributed by atoms with van der Waals surface area (Å²) < 4.78 is 0. The summed E-state index contributed by atoms with van der Waals surface area (Å²) in [5, 5.41) is 5.66. The van der Waals surface area contributed by atoms with Crippen LogP contribution in [0.2, 0.25) is 0 Å². The van der Waals surface area contributed by atoms with Gasteiger partial charge >= 0.3 is 6.03 Å². The summed E-state index contributed by atoms with van der Waals surface area (Å²) in [7, 11) is 0. The number of carbonyl (C=O) groups is 1. The van der Waals surface area contributed by atoms with Gasteiger partial charge < -0.3 is 15.5 Å². The highest BCUT2D eigenvalue weighted by molar-refractivity contribution is 5.89. The highest BCUT2D eigenvalue weighted by Gasteiger charge is 2.15. The second-order valence-corrected chi connectivity index (χ2v) is 6.35. The van der Waals surface area contributed by atoms with Crippen molar-refractivity contribution < 1.29 is 4.79 Å². The first-order valence-electron chi connectivity index (χ1n) is 8.50. The van der Waals surface area contributed by atoms with Crippen LogP contribution in [0.1, 0.15) is 25.5 Å². The first kappa shape index (κ1) is 16.3. The quantitative estimate of drug-likeness (QED) is 0.903. The molecule has 0 bridgehead atoms. The molecule has 3 rings (SSSR count). The maximum Gasteiger partial charge on any atom is 0.319 e. The monoisotopic (exact) mass is 324 g/mol.